The summed E-state index contributed by atoms with van der Waals surface area (Å²) >= 11 is 0. The molecule has 1 aliphatic carbocycles. The number of carboxylic acid groups (broad SMARTS) is 1. The molecule has 0 aromatic heterocycles. The number of carboxylic acids is 1. The van der Waals surface area contributed by atoms with Crippen LogP contribution in [0.3, 0.4) is 0 Å². The summed E-state index contributed by atoms with van der Waals surface area (Å²) in [5, 5.41) is 12.1. The lowest BCUT2D eigenvalue weighted by atomic mass is 9.90. The van der Waals surface area contributed by atoms with Crippen molar-refractivity contribution in [3.63, 3.8) is 0 Å². The smallest absolute Gasteiger partial charge is 0.407 e. The van der Waals surface area contributed by atoms with E-state index < -0.39 is 18.0 Å². The number of benzene rings is 2. The molecule has 2 amide bonds. The molecule has 1 heterocycles. The molecular formula is C27H32N2O5. The molecule has 1 fully saturated rings. The van der Waals surface area contributed by atoms with Crippen LogP contribution in [0.25, 0.3) is 11.1 Å². The molecule has 180 valence electrons. The number of ether oxygens (including phenoxy) is 1. The molecule has 0 radical (unpaired) electrons. The predicted octanol–water partition coefficient (Wildman–Crippen LogP) is 4.12. The van der Waals surface area contributed by atoms with Crippen LogP contribution in [-0.2, 0) is 14.3 Å². The Labute approximate surface area is 200 Å². The van der Waals surface area contributed by atoms with Gasteiger partial charge in [-0.2, -0.15) is 0 Å². The second-order valence-electron chi connectivity index (χ2n) is 9.69. The number of carbonyl (C=O) groups excluding carboxylic acids is 2. The first-order chi connectivity index (χ1) is 16.3. The van der Waals surface area contributed by atoms with Gasteiger partial charge < -0.3 is 20.1 Å². The SMILES string of the molecule is CC(CNC(=O)OCC1c2ccccc2-c2ccccc21)CC(=O)N1CC(C)CC(C(=O)O)C1. The van der Waals surface area contributed by atoms with Gasteiger partial charge >= 0.3 is 12.1 Å². The number of nitrogens with zero attached hydrogens (tertiary/aromatic N) is 1. The van der Waals surface area contributed by atoms with E-state index in [-0.39, 0.29) is 43.2 Å². The van der Waals surface area contributed by atoms with Gasteiger partial charge in [0, 0.05) is 32.0 Å². The summed E-state index contributed by atoms with van der Waals surface area (Å²) in [5.74, 6) is -1.36. The van der Waals surface area contributed by atoms with Crippen LogP contribution >= 0.6 is 0 Å². The van der Waals surface area contributed by atoms with E-state index in [2.05, 4.69) is 29.6 Å². The fourth-order valence-corrected chi connectivity index (χ4v) is 5.14. The lowest BCUT2D eigenvalue weighted by molar-refractivity contribution is -0.147. The summed E-state index contributed by atoms with van der Waals surface area (Å²) < 4.78 is 5.56. The number of likely N-dealkylation sites (tertiary alicyclic amines) is 1. The molecule has 4 rings (SSSR count). The fraction of sp³-hybridized carbons (Fsp3) is 0.444. The van der Waals surface area contributed by atoms with Crippen molar-refractivity contribution in [3.8, 4) is 11.1 Å². The second-order valence-corrected chi connectivity index (χ2v) is 9.69. The number of fused-ring (bicyclic) bond motifs is 3. The highest BCUT2D eigenvalue weighted by atomic mass is 16.5. The highest BCUT2D eigenvalue weighted by Crippen LogP contribution is 2.44. The fourth-order valence-electron chi connectivity index (χ4n) is 5.14. The molecule has 3 atom stereocenters. The van der Waals surface area contributed by atoms with Crippen LogP contribution in [0.4, 0.5) is 4.79 Å². The highest BCUT2D eigenvalue weighted by molar-refractivity contribution is 5.79. The third-order valence-electron chi connectivity index (χ3n) is 6.82. The third-order valence-corrected chi connectivity index (χ3v) is 6.82. The van der Waals surface area contributed by atoms with Crippen LogP contribution in [-0.4, -0.2) is 54.2 Å². The Morgan fingerprint density at radius 1 is 1.06 bits per heavy atom. The molecule has 2 N–H and O–H groups in total. The maximum Gasteiger partial charge on any atom is 0.407 e. The molecule has 2 aromatic rings. The molecule has 34 heavy (non-hydrogen) atoms. The Balaban J connectivity index is 1.25. The number of carbonyl (C=O) groups is 3. The summed E-state index contributed by atoms with van der Waals surface area (Å²) in [6.07, 6.45) is 0.347. The van der Waals surface area contributed by atoms with Crippen LogP contribution in [0.15, 0.2) is 48.5 Å². The third kappa shape index (κ3) is 5.24. The average Bonchev–Trinajstić information content (AvgIpc) is 3.14. The monoisotopic (exact) mass is 464 g/mol. The van der Waals surface area contributed by atoms with Crippen molar-refractivity contribution >= 4 is 18.0 Å². The second kappa shape index (κ2) is 10.3. The summed E-state index contributed by atoms with van der Waals surface area (Å²) in [7, 11) is 0. The zero-order chi connectivity index (χ0) is 24.2. The average molecular weight is 465 g/mol. The zero-order valence-corrected chi connectivity index (χ0v) is 19.7. The largest absolute Gasteiger partial charge is 0.481 e. The maximum absolute atomic E-state index is 12.7. The molecular weight excluding hydrogens is 432 g/mol. The minimum Gasteiger partial charge on any atom is -0.481 e. The molecule has 3 unspecified atom stereocenters. The molecule has 1 aliphatic heterocycles. The number of piperidine rings is 1. The number of hydrogen-bond donors (Lipinski definition) is 2. The molecule has 0 bridgehead atoms. The highest BCUT2D eigenvalue weighted by Gasteiger charge is 2.32. The van der Waals surface area contributed by atoms with Gasteiger partial charge in [0.25, 0.3) is 0 Å². The van der Waals surface area contributed by atoms with E-state index in [1.807, 2.05) is 38.1 Å². The molecule has 0 saturated carbocycles. The molecule has 0 spiro atoms. The standard InChI is InChI=1S/C27H32N2O5/c1-17(12-25(30)29-14-18(2)11-19(15-29)26(31)32)13-28-27(33)34-16-24-22-9-5-3-7-20(22)21-8-4-6-10-23(21)24/h3-10,17-19,24H,11-16H2,1-2H3,(H,28,33)(H,31,32). The first-order valence-corrected chi connectivity index (χ1v) is 11.9. The van der Waals surface area contributed by atoms with Gasteiger partial charge in [-0.3, -0.25) is 9.59 Å². The van der Waals surface area contributed by atoms with Crippen molar-refractivity contribution in [2.75, 3.05) is 26.2 Å². The van der Waals surface area contributed by atoms with E-state index in [9.17, 15) is 19.5 Å². The van der Waals surface area contributed by atoms with Gasteiger partial charge in [-0.25, -0.2) is 4.79 Å². The van der Waals surface area contributed by atoms with Gasteiger partial charge in [-0.15, -0.1) is 0 Å². The minimum absolute atomic E-state index is 0.000392. The topological polar surface area (TPSA) is 95.9 Å². The van der Waals surface area contributed by atoms with Gasteiger partial charge in [-0.1, -0.05) is 62.4 Å². The van der Waals surface area contributed by atoms with Gasteiger partial charge in [0.15, 0.2) is 0 Å². The van der Waals surface area contributed by atoms with Crippen molar-refractivity contribution in [2.24, 2.45) is 17.8 Å². The van der Waals surface area contributed by atoms with Crippen molar-refractivity contribution in [3.05, 3.63) is 59.7 Å². The van der Waals surface area contributed by atoms with Crippen LogP contribution in [0, 0.1) is 17.8 Å². The summed E-state index contributed by atoms with van der Waals surface area (Å²) in [6.45, 7) is 5.25. The minimum atomic E-state index is -0.852. The van der Waals surface area contributed by atoms with Crippen LogP contribution < -0.4 is 5.32 Å². The first kappa shape index (κ1) is 23.8. The van der Waals surface area contributed by atoms with Crippen molar-refractivity contribution in [2.45, 2.75) is 32.6 Å². The Hall–Kier alpha value is -3.35. The van der Waals surface area contributed by atoms with Crippen molar-refractivity contribution in [1.29, 1.82) is 0 Å². The van der Waals surface area contributed by atoms with E-state index in [0.717, 1.165) is 11.1 Å². The Morgan fingerprint density at radius 3 is 2.29 bits per heavy atom. The molecule has 1 saturated heterocycles. The number of amides is 2. The van der Waals surface area contributed by atoms with Gasteiger partial charge in [0.1, 0.15) is 6.61 Å². The molecule has 2 aliphatic rings. The van der Waals surface area contributed by atoms with E-state index in [1.54, 1.807) is 4.90 Å². The van der Waals surface area contributed by atoms with Crippen LogP contribution in [0.5, 0.6) is 0 Å². The first-order valence-electron chi connectivity index (χ1n) is 11.9. The van der Waals surface area contributed by atoms with Crippen LogP contribution in [0.1, 0.15) is 43.7 Å². The molecule has 2 aromatic carbocycles. The van der Waals surface area contributed by atoms with E-state index in [1.165, 1.54) is 11.1 Å². The van der Waals surface area contributed by atoms with Gasteiger partial charge in [0.05, 0.1) is 5.92 Å². The van der Waals surface area contributed by atoms with Crippen LogP contribution in [0.2, 0.25) is 0 Å². The summed E-state index contributed by atoms with van der Waals surface area (Å²) in [4.78, 5) is 38.1. The summed E-state index contributed by atoms with van der Waals surface area (Å²) in [5.41, 5.74) is 4.67. The summed E-state index contributed by atoms with van der Waals surface area (Å²) in [6, 6.07) is 16.4. The molecule has 7 heteroatoms. The zero-order valence-electron chi connectivity index (χ0n) is 19.7. The quantitative estimate of drug-likeness (QED) is 0.643. The van der Waals surface area contributed by atoms with Crippen molar-refractivity contribution < 1.29 is 24.2 Å². The maximum atomic E-state index is 12.7. The lowest BCUT2D eigenvalue weighted by Gasteiger charge is -2.35. The van der Waals surface area contributed by atoms with E-state index in [4.69, 9.17) is 4.74 Å². The molecule has 7 nitrogen and oxygen atoms in total. The van der Waals surface area contributed by atoms with E-state index in [0.29, 0.717) is 19.5 Å². The number of hydrogen-bond acceptors (Lipinski definition) is 4. The Kier molecular flexibility index (Phi) is 7.20. The number of nitrogens with one attached hydrogen (secondary N) is 1. The van der Waals surface area contributed by atoms with Crippen molar-refractivity contribution in [1.82, 2.24) is 10.2 Å². The Morgan fingerprint density at radius 2 is 1.68 bits per heavy atom. The van der Waals surface area contributed by atoms with Gasteiger partial charge in [-0.05, 0) is 40.5 Å². The van der Waals surface area contributed by atoms with E-state index >= 15 is 0 Å². The number of aliphatic carboxylic acids is 1. The number of alkyl carbamates (subject to hydrolysis) is 1. The number of rotatable bonds is 7. The van der Waals surface area contributed by atoms with Gasteiger partial charge in [0.2, 0.25) is 5.91 Å². The lowest BCUT2D eigenvalue weighted by Crippen LogP contribution is -2.46. The normalized spacial score (nSPS) is 20.2. The predicted molar refractivity (Wildman–Crippen MR) is 128 cm³/mol. The Bertz CT molecular complexity index is 1020.